The van der Waals surface area contributed by atoms with Gasteiger partial charge < -0.3 is 9.64 Å². The molecule has 0 aromatic heterocycles. The Kier molecular flexibility index (Phi) is 5.10. The van der Waals surface area contributed by atoms with E-state index in [2.05, 4.69) is 4.90 Å². The fourth-order valence-electron chi connectivity index (χ4n) is 3.58. The smallest absolute Gasteiger partial charge is 0.237 e. The molecule has 2 heterocycles. The Morgan fingerprint density at radius 3 is 2.81 bits per heavy atom. The number of halogens is 2. The number of fused-ring (bicyclic) bond motifs is 1. The van der Waals surface area contributed by atoms with Crippen molar-refractivity contribution in [2.24, 2.45) is 0 Å². The Morgan fingerprint density at radius 2 is 2.00 bits per heavy atom. The Hall–Kier alpha value is -0.290. The summed E-state index contributed by atoms with van der Waals surface area (Å²) in [6, 6.07) is 0.277. The summed E-state index contributed by atoms with van der Waals surface area (Å²) in [5, 5.41) is 1.41. The molecule has 0 aromatic rings. The second kappa shape index (κ2) is 6.86. The van der Waals surface area contributed by atoms with Gasteiger partial charge in [-0.1, -0.05) is 36.0 Å². The van der Waals surface area contributed by atoms with E-state index in [1.807, 2.05) is 4.90 Å². The van der Waals surface area contributed by atoms with Crippen LogP contribution in [0, 0.1) is 0 Å². The number of carbonyl (C=O) groups excluding carboxylic acids is 1. The van der Waals surface area contributed by atoms with E-state index in [9.17, 15) is 4.79 Å². The molecular formula is C15H22Cl2N2O2. The molecule has 0 spiro atoms. The first kappa shape index (κ1) is 15.6. The molecule has 0 N–H and O–H groups in total. The maximum absolute atomic E-state index is 12.6. The fraction of sp³-hybridized carbons (Fsp3) is 0.800. The molecule has 0 radical (unpaired) electrons. The quantitative estimate of drug-likeness (QED) is 0.779. The predicted molar refractivity (Wildman–Crippen MR) is 83.5 cm³/mol. The lowest BCUT2D eigenvalue weighted by Gasteiger charge is -2.44. The summed E-state index contributed by atoms with van der Waals surface area (Å²) in [4.78, 5) is 16.8. The SMILES string of the molecule is O=C(CN1CCC(Cl)=C(Cl)C1)N1CCO[C@@H]2CCCC[C@H]21. The Balaban J connectivity index is 1.59. The first-order chi connectivity index (χ1) is 10.1. The number of hydrogen-bond donors (Lipinski definition) is 0. The highest BCUT2D eigenvalue weighted by Crippen LogP contribution is 2.29. The van der Waals surface area contributed by atoms with Crippen LogP contribution in [0.25, 0.3) is 0 Å². The lowest BCUT2D eigenvalue weighted by atomic mass is 9.90. The normalized spacial score (nSPS) is 31.2. The van der Waals surface area contributed by atoms with E-state index < -0.39 is 0 Å². The van der Waals surface area contributed by atoms with Crippen molar-refractivity contribution in [3.63, 3.8) is 0 Å². The number of carbonyl (C=O) groups is 1. The first-order valence-corrected chi connectivity index (χ1v) is 8.57. The number of morpholine rings is 1. The number of rotatable bonds is 2. The summed E-state index contributed by atoms with van der Waals surface area (Å²) in [5.74, 6) is 0.206. The van der Waals surface area contributed by atoms with Gasteiger partial charge in [0, 0.05) is 29.7 Å². The van der Waals surface area contributed by atoms with Crippen molar-refractivity contribution < 1.29 is 9.53 Å². The van der Waals surface area contributed by atoms with E-state index >= 15 is 0 Å². The maximum Gasteiger partial charge on any atom is 0.237 e. The molecule has 3 aliphatic rings. The van der Waals surface area contributed by atoms with E-state index in [1.165, 1.54) is 12.8 Å². The van der Waals surface area contributed by atoms with Crippen molar-refractivity contribution in [2.45, 2.75) is 44.2 Å². The molecule has 2 atom stereocenters. The van der Waals surface area contributed by atoms with Gasteiger partial charge in [-0.3, -0.25) is 9.69 Å². The van der Waals surface area contributed by atoms with Crippen molar-refractivity contribution in [3.05, 3.63) is 10.1 Å². The van der Waals surface area contributed by atoms with Gasteiger partial charge >= 0.3 is 0 Å². The van der Waals surface area contributed by atoms with Crippen LogP contribution in [0.3, 0.4) is 0 Å². The Labute approximate surface area is 136 Å². The zero-order valence-electron chi connectivity index (χ0n) is 12.2. The van der Waals surface area contributed by atoms with Crippen LogP contribution < -0.4 is 0 Å². The monoisotopic (exact) mass is 332 g/mol. The van der Waals surface area contributed by atoms with Crippen LogP contribution in [0.15, 0.2) is 10.1 Å². The lowest BCUT2D eigenvalue weighted by molar-refractivity contribution is -0.150. The van der Waals surface area contributed by atoms with E-state index in [0.717, 1.165) is 37.4 Å². The third kappa shape index (κ3) is 3.55. The summed E-state index contributed by atoms with van der Waals surface area (Å²) in [6.45, 7) is 3.21. The summed E-state index contributed by atoms with van der Waals surface area (Å²) >= 11 is 12.1. The van der Waals surface area contributed by atoms with Crippen molar-refractivity contribution in [1.82, 2.24) is 9.80 Å². The molecule has 0 aromatic carbocycles. The maximum atomic E-state index is 12.6. The molecule has 4 nitrogen and oxygen atoms in total. The topological polar surface area (TPSA) is 32.8 Å². The van der Waals surface area contributed by atoms with Crippen molar-refractivity contribution in [3.8, 4) is 0 Å². The van der Waals surface area contributed by atoms with Crippen molar-refractivity contribution in [2.75, 3.05) is 32.8 Å². The van der Waals surface area contributed by atoms with Gasteiger partial charge in [0.25, 0.3) is 0 Å². The Bertz CT molecular complexity index is 439. The van der Waals surface area contributed by atoms with Crippen LogP contribution in [0.5, 0.6) is 0 Å². The molecule has 2 fully saturated rings. The summed E-state index contributed by atoms with van der Waals surface area (Å²) in [7, 11) is 0. The van der Waals surface area contributed by atoms with Gasteiger partial charge in [0.2, 0.25) is 5.91 Å². The molecule has 21 heavy (non-hydrogen) atoms. The van der Waals surface area contributed by atoms with Gasteiger partial charge in [0.05, 0.1) is 25.3 Å². The standard InChI is InChI=1S/C15H22Cl2N2O2/c16-11-5-6-18(9-12(11)17)10-15(20)19-7-8-21-14-4-2-1-3-13(14)19/h13-14H,1-10H2/t13-,14-/m1/s1. The highest BCUT2D eigenvalue weighted by atomic mass is 35.5. The van der Waals surface area contributed by atoms with Crippen LogP contribution in [0.1, 0.15) is 32.1 Å². The van der Waals surface area contributed by atoms with Gasteiger partial charge in [-0.2, -0.15) is 0 Å². The third-order valence-corrected chi connectivity index (χ3v) is 5.58. The minimum atomic E-state index is 0.206. The zero-order valence-corrected chi connectivity index (χ0v) is 13.7. The molecule has 3 rings (SSSR count). The minimum Gasteiger partial charge on any atom is -0.374 e. The van der Waals surface area contributed by atoms with Crippen LogP contribution in [0.2, 0.25) is 0 Å². The number of ether oxygens (including phenoxy) is 1. The van der Waals surface area contributed by atoms with Crippen molar-refractivity contribution in [1.29, 1.82) is 0 Å². The summed E-state index contributed by atoms with van der Waals surface area (Å²) in [6.07, 6.45) is 5.56. The van der Waals surface area contributed by atoms with Gasteiger partial charge in [0.15, 0.2) is 0 Å². The van der Waals surface area contributed by atoms with E-state index in [-0.39, 0.29) is 18.1 Å². The molecule has 1 saturated heterocycles. The molecule has 118 valence electrons. The average molecular weight is 333 g/mol. The van der Waals surface area contributed by atoms with E-state index in [0.29, 0.717) is 24.7 Å². The molecule has 1 aliphatic carbocycles. The first-order valence-electron chi connectivity index (χ1n) is 7.81. The van der Waals surface area contributed by atoms with Crippen molar-refractivity contribution >= 4 is 29.1 Å². The molecular weight excluding hydrogens is 311 g/mol. The van der Waals surface area contributed by atoms with Gasteiger partial charge in [-0.25, -0.2) is 0 Å². The molecule has 1 amide bonds. The van der Waals surface area contributed by atoms with Gasteiger partial charge in [-0.15, -0.1) is 0 Å². The summed E-state index contributed by atoms with van der Waals surface area (Å²) < 4.78 is 5.83. The second-order valence-electron chi connectivity index (χ2n) is 6.12. The second-order valence-corrected chi connectivity index (χ2v) is 7.03. The lowest BCUT2D eigenvalue weighted by Crippen LogP contribution is -2.57. The van der Waals surface area contributed by atoms with Crippen LogP contribution in [0.4, 0.5) is 0 Å². The van der Waals surface area contributed by atoms with Crippen LogP contribution >= 0.6 is 23.2 Å². The fourth-order valence-corrected chi connectivity index (χ4v) is 3.98. The predicted octanol–water partition coefficient (Wildman–Crippen LogP) is 2.55. The zero-order chi connectivity index (χ0) is 14.8. The summed E-state index contributed by atoms with van der Waals surface area (Å²) in [5.41, 5.74) is 0. The van der Waals surface area contributed by atoms with E-state index in [4.69, 9.17) is 27.9 Å². The highest BCUT2D eigenvalue weighted by Gasteiger charge is 2.37. The minimum absolute atomic E-state index is 0.206. The van der Waals surface area contributed by atoms with Crippen LogP contribution in [-0.4, -0.2) is 60.6 Å². The largest absolute Gasteiger partial charge is 0.374 e. The van der Waals surface area contributed by atoms with Gasteiger partial charge in [0.1, 0.15) is 0 Å². The van der Waals surface area contributed by atoms with Gasteiger partial charge in [-0.05, 0) is 19.3 Å². The number of nitrogens with zero attached hydrogens (tertiary/aromatic N) is 2. The molecule has 1 saturated carbocycles. The Morgan fingerprint density at radius 1 is 1.19 bits per heavy atom. The third-order valence-electron chi connectivity index (χ3n) is 4.72. The molecule has 6 heteroatoms. The number of amides is 1. The van der Waals surface area contributed by atoms with E-state index in [1.54, 1.807) is 0 Å². The molecule has 2 aliphatic heterocycles. The highest BCUT2D eigenvalue weighted by molar-refractivity contribution is 6.39. The molecule has 0 bridgehead atoms. The molecule has 0 unspecified atom stereocenters. The van der Waals surface area contributed by atoms with Crippen LogP contribution in [-0.2, 0) is 9.53 Å². The average Bonchev–Trinajstić information content (AvgIpc) is 2.50. The number of hydrogen-bond acceptors (Lipinski definition) is 3.